The molecule has 0 aromatic carbocycles. The first kappa shape index (κ1) is 16.9. The number of carbonyl (C=O) groups is 1. The van der Waals surface area contributed by atoms with Crippen molar-refractivity contribution in [3.63, 3.8) is 0 Å². The zero-order chi connectivity index (χ0) is 17.3. The molecule has 1 atom stereocenters. The molecule has 0 N–H and O–H groups in total. The van der Waals surface area contributed by atoms with Crippen LogP contribution in [0.2, 0.25) is 0 Å². The summed E-state index contributed by atoms with van der Waals surface area (Å²) >= 11 is 1.70. The Labute approximate surface area is 146 Å². The second-order valence-electron chi connectivity index (χ2n) is 6.72. The number of nitrogens with zero attached hydrogens (tertiary/aromatic N) is 3. The molecule has 1 aliphatic heterocycles. The minimum atomic E-state index is -0.157. The molecule has 0 radical (unpaired) electrons. The molecule has 1 aliphatic rings. The van der Waals surface area contributed by atoms with Gasteiger partial charge in [-0.3, -0.25) is 9.59 Å². The second kappa shape index (κ2) is 6.89. The molecule has 128 valence electrons. The van der Waals surface area contributed by atoms with Crippen LogP contribution < -0.4 is 5.56 Å². The maximum atomic E-state index is 12.7. The molecular weight excluding hydrogens is 322 g/mol. The van der Waals surface area contributed by atoms with Gasteiger partial charge in [0.25, 0.3) is 11.5 Å². The van der Waals surface area contributed by atoms with Crippen LogP contribution in [0.25, 0.3) is 0 Å². The fraction of sp³-hybridized carbons (Fsp3) is 0.500. The lowest BCUT2D eigenvalue weighted by Gasteiger charge is -2.32. The monoisotopic (exact) mass is 345 g/mol. The second-order valence-corrected chi connectivity index (χ2v) is 7.61. The first-order valence-corrected chi connectivity index (χ1v) is 9.25. The van der Waals surface area contributed by atoms with Gasteiger partial charge in [0.2, 0.25) is 0 Å². The summed E-state index contributed by atoms with van der Waals surface area (Å²) in [5, 5.41) is 3.25. The Bertz CT molecular complexity index is 794. The third-order valence-electron chi connectivity index (χ3n) is 4.54. The average molecular weight is 345 g/mol. The highest BCUT2D eigenvalue weighted by atomic mass is 32.1. The summed E-state index contributed by atoms with van der Waals surface area (Å²) in [5.74, 6) is 0.668. The van der Waals surface area contributed by atoms with Crippen molar-refractivity contribution >= 4 is 17.2 Å². The Balaban J connectivity index is 1.75. The predicted octanol–water partition coefficient (Wildman–Crippen LogP) is 2.99. The van der Waals surface area contributed by atoms with Crippen molar-refractivity contribution < 1.29 is 4.79 Å². The van der Waals surface area contributed by atoms with Crippen LogP contribution in [0.15, 0.2) is 28.5 Å². The van der Waals surface area contributed by atoms with Crippen LogP contribution in [0.1, 0.15) is 59.6 Å². The van der Waals surface area contributed by atoms with Gasteiger partial charge in [0.05, 0.1) is 10.7 Å². The third-order valence-corrected chi connectivity index (χ3v) is 5.57. The van der Waals surface area contributed by atoms with Crippen LogP contribution in [0.5, 0.6) is 0 Å². The van der Waals surface area contributed by atoms with E-state index in [4.69, 9.17) is 4.98 Å². The van der Waals surface area contributed by atoms with Gasteiger partial charge in [-0.15, -0.1) is 11.3 Å². The maximum Gasteiger partial charge on any atom is 0.254 e. The highest BCUT2D eigenvalue weighted by molar-refractivity contribution is 7.09. The zero-order valence-electron chi connectivity index (χ0n) is 14.4. The Morgan fingerprint density at radius 2 is 2.21 bits per heavy atom. The van der Waals surface area contributed by atoms with Crippen molar-refractivity contribution in [2.45, 2.75) is 38.5 Å². The molecule has 6 heteroatoms. The number of piperidine rings is 1. The van der Waals surface area contributed by atoms with Crippen LogP contribution in [0.3, 0.4) is 0 Å². The molecule has 5 nitrogen and oxygen atoms in total. The number of aryl methyl sites for hydroxylation is 1. The van der Waals surface area contributed by atoms with Gasteiger partial charge in [-0.1, -0.05) is 13.8 Å². The normalized spacial score (nSPS) is 18.2. The number of carbonyl (C=O) groups excluding carboxylic acids is 1. The van der Waals surface area contributed by atoms with E-state index in [-0.39, 0.29) is 11.5 Å². The highest BCUT2D eigenvalue weighted by Gasteiger charge is 2.27. The lowest BCUT2D eigenvalue weighted by atomic mass is 9.98. The standard InChI is InChI=1S/C18H23N3O2S/c1-12(2)15-11-24-17(19-15)14-5-4-7-21(10-14)18(23)13-6-8-20(3)16(22)9-13/h6,8-9,11-12,14H,4-5,7,10H2,1-3H3/t14-/m1/s1. The van der Waals surface area contributed by atoms with Crippen LogP contribution in [-0.4, -0.2) is 33.4 Å². The molecule has 2 aromatic heterocycles. The van der Waals surface area contributed by atoms with E-state index < -0.39 is 0 Å². The molecule has 3 heterocycles. The summed E-state index contributed by atoms with van der Waals surface area (Å²) in [6.07, 6.45) is 3.68. The maximum absolute atomic E-state index is 12.7. The van der Waals surface area contributed by atoms with Crippen molar-refractivity contribution in [3.8, 4) is 0 Å². The van der Waals surface area contributed by atoms with Gasteiger partial charge in [0.15, 0.2) is 0 Å². The Hall–Kier alpha value is -1.95. The smallest absolute Gasteiger partial charge is 0.254 e. The zero-order valence-corrected chi connectivity index (χ0v) is 15.2. The minimum absolute atomic E-state index is 0.0574. The van der Waals surface area contributed by atoms with Gasteiger partial charge >= 0.3 is 0 Å². The summed E-state index contributed by atoms with van der Waals surface area (Å²) in [7, 11) is 1.68. The molecule has 1 fully saturated rings. The number of hydrogen-bond acceptors (Lipinski definition) is 4. The molecule has 0 aliphatic carbocycles. The largest absolute Gasteiger partial charge is 0.338 e. The number of amides is 1. The lowest BCUT2D eigenvalue weighted by molar-refractivity contribution is 0.0706. The number of pyridine rings is 1. The van der Waals surface area contributed by atoms with E-state index in [9.17, 15) is 9.59 Å². The van der Waals surface area contributed by atoms with E-state index in [2.05, 4.69) is 19.2 Å². The van der Waals surface area contributed by atoms with Crippen LogP contribution in [-0.2, 0) is 7.05 Å². The van der Waals surface area contributed by atoms with E-state index in [1.165, 1.54) is 10.6 Å². The summed E-state index contributed by atoms with van der Waals surface area (Å²) < 4.78 is 1.47. The SMILES string of the molecule is CC(C)c1csc([C@@H]2CCCN(C(=O)c3ccn(C)c(=O)c3)C2)n1. The van der Waals surface area contributed by atoms with Crippen LogP contribution in [0, 0.1) is 0 Å². The molecule has 0 unspecified atom stereocenters. The lowest BCUT2D eigenvalue weighted by Crippen LogP contribution is -2.39. The number of rotatable bonds is 3. The van der Waals surface area contributed by atoms with Crippen molar-refractivity contribution in [1.82, 2.24) is 14.5 Å². The van der Waals surface area contributed by atoms with Crippen LogP contribution in [0.4, 0.5) is 0 Å². The highest BCUT2D eigenvalue weighted by Crippen LogP contribution is 2.31. The van der Waals surface area contributed by atoms with E-state index >= 15 is 0 Å². The topological polar surface area (TPSA) is 55.2 Å². The molecule has 0 spiro atoms. The van der Waals surface area contributed by atoms with Gasteiger partial charge in [0.1, 0.15) is 0 Å². The van der Waals surface area contributed by atoms with Crippen molar-refractivity contribution in [2.24, 2.45) is 7.05 Å². The number of aromatic nitrogens is 2. The van der Waals surface area contributed by atoms with E-state index in [0.29, 0.717) is 23.9 Å². The van der Waals surface area contributed by atoms with Gasteiger partial charge in [0, 0.05) is 49.3 Å². The van der Waals surface area contributed by atoms with E-state index in [0.717, 1.165) is 30.1 Å². The average Bonchev–Trinajstić information content (AvgIpc) is 3.07. The fourth-order valence-corrected chi connectivity index (χ4v) is 4.09. The van der Waals surface area contributed by atoms with Gasteiger partial charge < -0.3 is 9.47 Å². The molecule has 24 heavy (non-hydrogen) atoms. The van der Waals surface area contributed by atoms with Crippen LogP contribution >= 0.6 is 11.3 Å². The fourth-order valence-electron chi connectivity index (χ4n) is 2.98. The minimum Gasteiger partial charge on any atom is -0.338 e. The third kappa shape index (κ3) is 3.43. The summed E-state index contributed by atoms with van der Waals surface area (Å²) in [6, 6.07) is 3.14. The van der Waals surface area contributed by atoms with Crippen molar-refractivity contribution in [3.05, 3.63) is 50.3 Å². The summed E-state index contributed by atoms with van der Waals surface area (Å²) in [6.45, 7) is 5.71. The molecule has 3 rings (SSSR count). The molecule has 0 saturated carbocycles. The van der Waals surface area contributed by atoms with Crippen molar-refractivity contribution in [2.75, 3.05) is 13.1 Å². The predicted molar refractivity (Wildman–Crippen MR) is 95.8 cm³/mol. The number of thiazole rings is 1. The Kier molecular flexibility index (Phi) is 4.85. The summed E-state index contributed by atoms with van der Waals surface area (Å²) in [5.41, 5.74) is 1.45. The first-order chi connectivity index (χ1) is 11.5. The molecule has 1 amide bonds. The van der Waals surface area contributed by atoms with E-state index in [1.54, 1.807) is 30.6 Å². The van der Waals surface area contributed by atoms with Crippen molar-refractivity contribution in [1.29, 1.82) is 0 Å². The quantitative estimate of drug-likeness (QED) is 0.859. The molecule has 0 bridgehead atoms. The Morgan fingerprint density at radius 3 is 2.88 bits per heavy atom. The van der Waals surface area contributed by atoms with Gasteiger partial charge in [-0.2, -0.15) is 0 Å². The number of likely N-dealkylation sites (tertiary alicyclic amines) is 1. The first-order valence-electron chi connectivity index (χ1n) is 8.37. The van der Waals surface area contributed by atoms with E-state index in [1.807, 2.05) is 4.90 Å². The molecule has 1 saturated heterocycles. The number of hydrogen-bond donors (Lipinski definition) is 0. The summed E-state index contributed by atoms with van der Waals surface area (Å²) in [4.78, 5) is 31.1. The Morgan fingerprint density at radius 1 is 1.42 bits per heavy atom. The molecule has 2 aromatic rings. The molecular formula is C18H23N3O2S. The van der Waals surface area contributed by atoms with Gasteiger partial charge in [-0.05, 0) is 24.8 Å². The van der Waals surface area contributed by atoms with Gasteiger partial charge in [-0.25, -0.2) is 4.98 Å².